The second-order valence-electron chi connectivity index (χ2n) is 6.90. The van der Waals surface area contributed by atoms with Crippen molar-refractivity contribution in [3.05, 3.63) is 65.4 Å². The largest absolute Gasteiger partial charge is 0.351 e. The average Bonchev–Trinajstić information content (AvgIpc) is 3.15. The Morgan fingerprint density at radius 1 is 1.11 bits per heavy atom. The van der Waals surface area contributed by atoms with Gasteiger partial charge in [-0.2, -0.15) is 9.40 Å². The summed E-state index contributed by atoms with van der Waals surface area (Å²) in [5, 5.41) is 10.4. The summed E-state index contributed by atoms with van der Waals surface area (Å²) >= 11 is 0. The van der Waals surface area contributed by atoms with E-state index in [1.54, 1.807) is 4.31 Å². The lowest BCUT2D eigenvalue weighted by Crippen LogP contribution is -2.38. The standard InChI is InChI=1S/C20H22N4O3S/c25-20(19-17-8-3-4-9-18(17)22-23-19)21-11-5-13-28(26,27)24-12-10-15-6-1-2-7-16(15)14-24/h1-4,6-9H,5,10-14H2,(H,21,25)(H,22,23). The van der Waals surface area contributed by atoms with Crippen LogP contribution in [0.15, 0.2) is 48.5 Å². The molecule has 146 valence electrons. The van der Waals surface area contributed by atoms with E-state index in [4.69, 9.17) is 0 Å². The number of rotatable bonds is 6. The number of para-hydroxylation sites is 1. The highest BCUT2D eigenvalue weighted by molar-refractivity contribution is 7.89. The monoisotopic (exact) mass is 398 g/mol. The molecule has 2 heterocycles. The highest BCUT2D eigenvalue weighted by Crippen LogP contribution is 2.21. The van der Waals surface area contributed by atoms with Crippen LogP contribution >= 0.6 is 0 Å². The Kier molecular flexibility index (Phi) is 5.15. The molecule has 0 atom stereocenters. The number of hydrogen-bond acceptors (Lipinski definition) is 4. The van der Waals surface area contributed by atoms with Crippen LogP contribution in [0.25, 0.3) is 10.9 Å². The molecule has 2 aromatic carbocycles. The zero-order valence-electron chi connectivity index (χ0n) is 15.4. The molecule has 1 amide bonds. The molecule has 7 nitrogen and oxygen atoms in total. The Balaban J connectivity index is 1.31. The Bertz CT molecular complexity index is 1110. The van der Waals surface area contributed by atoms with Crippen LogP contribution in [0.2, 0.25) is 0 Å². The third-order valence-electron chi connectivity index (χ3n) is 5.04. The maximum absolute atomic E-state index is 12.6. The summed E-state index contributed by atoms with van der Waals surface area (Å²) in [6.45, 7) is 1.21. The van der Waals surface area contributed by atoms with Crippen LogP contribution < -0.4 is 5.32 Å². The molecule has 1 aliphatic heterocycles. The van der Waals surface area contributed by atoms with Crippen LogP contribution in [0, 0.1) is 0 Å². The maximum Gasteiger partial charge on any atom is 0.272 e. The average molecular weight is 398 g/mol. The van der Waals surface area contributed by atoms with Crippen LogP contribution in [-0.2, 0) is 23.0 Å². The molecule has 1 aromatic heterocycles. The van der Waals surface area contributed by atoms with Gasteiger partial charge in [-0.25, -0.2) is 8.42 Å². The molecule has 8 heteroatoms. The first-order valence-electron chi connectivity index (χ1n) is 9.30. The van der Waals surface area contributed by atoms with E-state index in [0.29, 0.717) is 25.2 Å². The SMILES string of the molecule is O=C(NCCCS(=O)(=O)N1CCc2ccccc2C1)c1n[nH]c2ccccc12. The van der Waals surface area contributed by atoms with Gasteiger partial charge in [-0.3, -0.25) is 9.89 Å². The van der Waals surface area contributed by atoms with Crippen LogP contribution in [0.3, 0.4) is 0 Å². The van der Waals surface area contributed by atoms with Gasteiger partial charge in [-0.1, -0.05) is 42.5 Å². The molecule has 1 aliphatic rings. The molecule has 2 N–H and O–H groups in total. The molecule has 0 aliphatic carbocycles. The number of nitrogens with one attached hydrogen (secondary N) is 2. The molecule has 0 saturated carbocycles. The van der Waals surface area contributed by atoms with Gasteiger partial charge >= 0.3 is 0 Å². The van der Waals surface area contributed by atoms with Gasteiger partial charge in [0, 0.05) is 25.0 Å². The van der Waals surface area contributed by atoms with Gasteiger partial charge in [0.05, 0.1) is 11.3 Å². The first-order valence-corrected chi connectivity index (χ1v) is 10.9. The predicted octanol–water partition coefficient (Wildman–Crippen LogP) is 2.07. The van der Waals surface area contributed by atoms with Crippen LogP contribution in [0.5, 0.6) is 0 Å². The Hall–Kier alpha value is -2.71. The summed E-state index contributed by atoms with van der Waals surface area (Å²) in [5.41, 5.74) is 3.40. The smallest absolute Gasteiger partial charge is 0.272 e. The highest BCUT2D eigenvalue weighted by atomic mass is 32.2. The molecule has 0 spiro atoms. The van der Waals surface area contributed by atoms with Crippen molar-refractivity contribution in [1.29, 1.82) is 0 Å². The maximum atomic E-state index is 12.6. The number of hydrogen-bond donors (Lipinski definition) is 2. The molecule has 0 unspecified atom stereocenters. The van der Waals surface area contributed by atoms with Crippen molar-refractivity contribution in [1.82, 2.24) is 19.8 Å². The Morgan fingerprint density at radius 2 is 1.86 bits per heavy atom. The lowest BCUT2D eigenvalue weighted by molar-refractivity contribution is 0.0950. The molecular formula is C20H22N4O3S. The predicted molar refractivity (Wildman–Crippen MR) is 107 cm³/mol. The highest BCUT2D eigenvalue weighted by Gasteiger charge is 2.26. The number of benzene rings is 2. The Labute approximate surface area is 163 Å². The summed E-state index contributed by atoms with van der Waals surface area (Å²) in [6.07, 6.45) is 1.09. The Morgan fingerprint density at radius 3 is 2.71 bits per heavy atom. The van der Waals surface area contributed by atoms with Crippen molar-refractivity contribution >= 4 is 26.8 Å². The summed E-state index contributed by atoms with van der Waals surface area (Å²) in [4.78, 5) is 12.3. The number of carbonyl (C=O) groups excluding carboxylic acids is 1. The van der Waals surface area contributed by atoms with Crippen molar-refractivity contribution in [2.45, 2.75) is 19.4 Å². The second kappa shape index (κ2) is 7.73. The minimum atomic E-state index is -3.35. The van der Waals surface area contributed by atoms with E-state index in [-0.39, 0.29) is 18.2 Å². The number of sulfonamides is 1. The van der Waals surface area contributed by atoms with E-state index < -0.39 is 10.0 Å². The fourth-order valence-corrected chi connectivity index (χ4v) is 4.99. The third kappa shape index (κ3) is 3.79. The minimum absolute atomic E-state index is 0.0107. The van der Waals surface area contributed by atoms with Crippen LogP contribution in [-0.4, -0.2) is 47.7 Å². The van der Waals surface area contributed by atoms with Gasteiger partial charge < -0.3 is 5.32 Å². The van der Waals surface area contributed by atoms with E-state index in [1.165, 1.54) is 5.56 Å². The van der Waals surface area contributed by atoms with Crippen molar-refractivity contribution in [3.8, 4) is 0 Å². The zero-order chi connectivity index (χ0) is 19.6. The van der Waals surface area contributed by atoms with Gasteiger partial charge in [-0.05, 0) is 30.0 Å². The van der Waals surface area contributed by atoms with Crippen molar-refractivity contribution in [2.24, 2.45) is 0 Å². The number of aromatic amines is 1. The number of aromatic nitrogens is 2. The fourth-order valence-electron chi connectivity index (χ4n) is 3.51. The van der Waals surface area contributed by atoms with E-state index in [1.807, 2.05) is 48.5 Å². The molecule has 4 rings (SSSR count). The normalized spacial score (nSPS) is 14.7. The fraction of sp³-hybridized carbons (Fsp3) is 0.300. The lowest BCUT2D eigenvalue weighted by atomic mass is 10.0. The van der Waals surface area contributed by atoms with E-state index >= 15 is 0 Å². The molecule has 0 saturated heterocycles. The van der Waals surface area contributed by atoms with Crippen LogP contribution in [0.4, 0.5) is 0 Å². The molecular weight excluding hydrogens is 376 g/mol. The van der Waals surface area contributed by atoms with Gasteiger partial charge in [0.15, 0.2) is 5.69 Å². The minimum Gasteiger partial charge on any atom is -0.351 e. The molecule has 0 radical (unpaired) electrons. The summed E-state index contributed by atoms with van der Waals surface area (Å²) in [7, 11) is -3.35. The van der Waals surface area contributed by atoms with Crippen molar-refractivity contribution in [2.75, 3.05) is 18.8 Å². The lowest BCUT2D eigenvalue weighted by Gasteiger charge is -2.28. The van der Waals surface area contributed by atoms with E-state index in [2.05, 4.69) is 15.5 Å². The van der Waals surface area contributed by atoms with Gasteiger partial charge in [0.25, 0.3) is 5.91 Å². The van der Waals surface area contributed by atoms with Gasteiger partial charge in [-0.15, -0.1) is 0 Å². The second-order valence-corrected chi connectivity index (χ2v) is 8.98. The quantitative estimate of drug-likeness (QED) is 0.622. The van der Waals surface area contributed by atoms with E-state index in [9.17, 15) is 13.2 Å². The first kappa shape index (κ1) is 18.6. The van der Waals surface area contributed by atoms with Gasteiger partial charge in [0.1, 0.15) is 0 Å². The molecule has 3 aromatic rings. The molecule has 0 fully saturated rings. The number of nitrogens with zero attached hydrogens (tertiary/aromatic N) is 2. The summed E-state index contributed by atoms with van der Waals surface area (Å²) < 4.78 is 26.8. The topological polar surface area (TPSA) is 95.2 Å². The third-order valence-corrected chi connectivity index (χ3v) is 6.94. The molecule has 0 bridgehead atoms. The van der Waals surface area contributed by atoms with Crippen molar-refractivity contribution in [3.63, 3.8) is 0 Å². The van der Waals surface area contributed by atoms with Crippen LogP contribution in [0.1, 0.15) is 28.0 Å². The van der Waals surface area contributed by atoms with E-state index in [0.717, 1.165) is 22.9 Å². The summed E-state index contributed by atoms with van der Waals surface area (Å²) in [6, 6.07) is 15.3. The number of H-pyrrole nitrogens is 1. The molecule has 28 heavy (non-hydrogen) atoms. The number of amides is 1. The summed E-state index contributed by atoms with van der Waals surface area (Å²) in [5.74, 6) is -0.293. The first-order chi connectivity index (χ1) is 13.5. The zero-order valence-corrected chi connectivity index (χ0v) is 16.2. The number of carbonyl (C=O) groups is 1. The van der Waals surface area contributed by atoms with Gasteiger partial charge in [0.2, 0.25) is 10.0 Å². The van der Waals surface area contributed by atoms with Crippen molar-refractivity contribution < 1.29 is 13.2 Å². The number of fused-ring (bicyclic) bond motifs is 2.